The summed E-state index contributed by atoms with van der Waals surface area (Å²) in [5.41, 5.74) is 0. The number of unbranched alkanes of at least 4 members (excludes halogenated alkanes) is 28. The van der Waals surface area contributed by atoms with Crippen LogP contribution in [0.1, 0.15) is 219 Å². The number of carbonyl (C=O) groups excluding carboxylic acids is 1. The highest BCUT2D eigenvalue weighted by Crippen LogP contribution is 2.38. The van der Waals surface area contributed by atoms with Crippen molar-refractivity contribution in [3.05, 3.63) is 24.3 Å². The summed E-state index contributed by atoms with van der Waals surface area (Å²) in [6, 6.07) is -0.884. The van der Waals surface area contributed by atoms with E-state index in [0.29, 0.717) is 17.4 Å². The van der Waals surface area contributed by atoms with Gasteiger partial charge >= 0.3 is 0 Å². The number of hydrogen-bond acceptors (Lipinski definition) is 6. The molecule has 1 amide bonds. The second kappa shape index (κ2) is 39.4. The lowest BCUT2D eigenvalue weighted by Gasteiger charge is -2.29. The molecule has 56 heavy (non-hydrogen) atoms. The van der Waals surface area contributed by atoms with Gasteiger partial charge in [0.1, 0.15) is 13.2 Å². The molecule has 0 saturated heterocycles. The van der Waals surface area contributed by atoms with E-state index < -0.39 is 20.0 Å². The first-order valence-corrected chi connectivity index (χ1v) is 25.2. The Morgan fingerprint density at radius 1 is 0.607 bits per heavy atom. The van der Waals surface area contributed by atoms with E-state index in [0.717, 1.165) is 38.5 Å². The van der Waals surface area contributed by atoms with Crippen molar-refractivity contribution in [3.63, 3.8) is 0 Å². The molecule has 9 heteroatoms. The smallest absolute Gasteiger partial charge is 0.268 e. The summed E-state index contributed by atoms with van der Waals surface area (Å²) in [4.78, 5) is 25.3. The molecule has 0 aliphatic rings. The lowest BCUT2D eigenvalue weighted by molar-refractivity contribution is -0.870. The van der Waals surface area contributed by atoms with Crippen LogP contribution >= 0.6 is 7.82 Å². The number of phosphoric acid groups is 1. The number of amides is 1. The molecule has 2 N–H and O–H groups in total. The number of hydrogen-bond donors (Lipinski definition) is 2. The molecule has 0 spiro atoms. The predicted octanol–water partition coefficient (Wildman–Crippen LogP) is 12.7. The average molecular weight is 813 g/mol. The maximum absolute atomic E-state index is 12.9. The Morgan fingerprint density at radius 2 is 0.982 bits per heavy atom. The summed E-state index contributed by atoms with van der Waals surface area (Å²) < 4.78 is 23.2. The highest BCUT2D eigenvalue weighted by atomic mass is 31.2. The molecule has 0 fully saturated rings. The van der Waals surface area contributed by atoms with Gasteiger partial charge in [-0.1, -0.05) is 192 Å². The highest BCUT2D eigenvalue weighted by molar-refractivity contribution is 7.45. The molecule has 0 rings (SSSR count). The fourth-order valence-electron chi connectivity index (χ4n) is 6.85. The largest absolute Gasteiger partial charge is 0.756 e. The average Bonchev–Trinajstić information content (AvgIpc) is 3.15. The molecule has 0 radical (unpaired) electrons. The number of likely N-dealkylation sites (N-methyl/N-ethyl adjacent to an activating group) is 1. The van der Waals surface area contributed by atoms with Crippen molar-refractivity contribution in [1.29, 1.82) is 0 Å². The Kier molecular flexibility index (Phi) is 38.7. The van der Waals surface area contributed by atoms with E-state index >= 15 is 0 Å². The summed E-state index contributed by atoms with van der Waals surface area (Å²) >= 11 is 0. The van der Waals surface area contributed by atoms with E-state index in [1.165, 1.54) is 161 Å². The van der Waals surface area contributed by atoms with Gasteiger partial charge in [-0.05, 0) is 44.9 Å². The van der Waals surface area contributed by atoms with Crippen molar-refractivity contribution in [1.82, 2.24) is 5.32 Å². The van der Waals surface area contributed by atoms with Gasteiger partial charge in [0.25, 0.3) is 7.82 Å². The van der Waals surface area contributed by atoms with Crippen molar-refractivity contribution < 1.29 is 32.9 Å². The number of allylic oxidation sites excluding steroid dienone is 3. The number of nitrogens with zero attached hydrogens (tertiary/aromatic N) is 1. The summed E-state index contributed by atoms with van der Waals surface area (Å²) in [5.74, 6) is -0.199. The van der Waals surface area contributed by atoms with Crippen molar-refractivity contribution in [2.24, 2.45) is 0 Å². The molecule has 0 bridgehead atoms. The third-order valence-corrected chi connectivity index (χ3v) is 11.6. The van der Waals surface area contributed by atoms with E-state index in [-0.39, 0.29) is 19.1 Å². The zero-order chi connectivity index (χ0) is 41.4. The Balaban J connectivity index is 4.36. The standard InChI is InChI=1S/C47H93N2O6P/c1-6-8-10-12-14-16-18-20-22-23-24-25-27-29-31-33-35-37-39-41-47(51)48-45(44-55-56(52,53)54-43-42-49(3,4)5)46(50)40-38-36-34-32-30-28-26-21-19-17-15-13-11-9-7-2/h20,22,38,40,45-46,50H,6-19,21,23-37,39,41-44H2,1-5H3,(H-,48,51,52,53)/b22-20+,40-38+/t45-,46+/m0/s1. The molecular formula is C47H93N2O6P. The molecule has 8 nitrogen and oxygen atoms in total. The number of phosphoric ester groups is 1. The highest BCUT2D eigenvalue weighted by Gasteiger charge is 2.23. The number of aliphatic hydroxyl groups excluding tert-OH is 1. The molecule has 0 aliphatic carbocycles. The number of quaternary nitrogens is 1. The summed E-state index contributed by atoms with van der Waals surface area (Å²) in [7, 11) is 1.26. The molecule has 332 valence electrons. The Hall–Kier alpha value is -1.02. The lowest BCUT2D eigenvalue weighted by atomic mass is 10.0. The predicted molar refractivity (Wildman–Crippen MR) is 238 cm³/mol. The Labute approximate surface area is 347 Å². The molecule has 0 aromatic heterocycles. The van der Waals surface area contributed by atoms with Crippen molar-refractivity contribution in [3.8, 4) is 0 Å². The summed E-state index contributed by atoms with van der Waals surface area (Å²) in [6.07, 6.45) is 46.5. The fraction of sp³-hybridized carbons (Fsp3) is 0.894. The SMILES string of the molecule is CCCCCCCC/C=C/CCCCCCCCCCCC(=O)N[C@@H](COP(=O)([O-])OCC[N+](C)(C)C)[C@H](O)/C=C/CCCCCCCCCCCCCCC. The fourth-order valence-corrected chi connectivity index (χ4v) is 7.58. The van der Waals surface area contributed by atoms with Crippen molar-refractivity contribution in [2.75, 3.05) is 40.9 Å². The zero-order valence-electron chi connectivity index (χ0n) is 37.6. The van der Waals surface area contributed by atoms with Gasteiger partial charge in [0, 0.05) is 6.42 Å². The van der Waals surface area contributed by atoms with Crippen LogP contribution in [0.25, 0.3) is 0 Å². The van der Waals surface area contributed by atoms with Gasteiger partial charge in [0.2, 0.25) is 5.91 Å². The molecule has 3 atom stereocenters. The summed E-state index contributed by atoms with van der Waals surface area (Å²) in [5, 5.41) is 13.8. The first-order valence-electron chi connectivity index (χ1n) is 23.7. The van der Waals surface area contributed by atoms with E-state index in [1.807, 2.05) is 27.2 Å². The van der Waals surface area contributed by atoms with E-state index in [1.54, 1.807) is 6.08 Å². The topological polar surface area (TPSA) is 108 Å². The van der Waals surface area contributed by atoms with Crippen LogP contribution in [0.3, 0.4) is 0 Å². The lowest BCUT2D eigenvalue weighted by Crippen LogP contribution is -2.45. The second-order valence-electron chi connectivity index (χ2n) is 17.5. The van der Waals surface area contributed by atoms with Gasteiger partial charge in [0.05, 0.1) is 39.9 Å². The van der Waals surface area contributed by atoms with Crippen LogP contribution in [0.15, 0.2) is 24.3 Å². The van der Waals surface area contributed by atoms with Crippen LogP contribution in [-0.2, 0) is 18.4 Å². The first kappa shape index (κ1) is 55.0. The van der Waals surface area contributed by atoms with Crippen LogP contribution < -0.4 is 10.2 Å². The molecule has 0 saturated carbocycles. The van der Waals surface area contributed by atoms with Crippen LogP contribution in [0.4, 0.5) is 0 Å². The number of carbonyl (C=O) groups is 1. The van der Waals surface area contributed by atoms with Gasteiger partial charge in [0.15, 0.2) is 0 Å². The summed E-state index contributed by atoms with van der Waals surface area (Å²) in [6.45, 7) is 4.65. The van der Waals surface area contributed by atoms with Crippen molar-refractivity contribution >= 4 is 13.7 Å². The maximum atomic E-state index is 12.9. The van der Waals surface area contributed by atoms with E-state index in [2.05, 4.69) is 31.3 Å². The molecule has 0 aromatic carbocycles. The van der Waals surface area contributed by atoms with Crippen LogP contribution in [0.2, 0.25) is 0 Å². The minimum atomic E-state index is -4.59. The minimum Gasteiger partial charge on any atom is -0.756 e. The van der Waals surface area contributed by atoms with Gasteiger partial charge in [-0.2, -0.15) is 0 Å². The molecule has 1 unspecified atom stereocenters. The van der Waals surface area contributed by atoms with Gasteiger partial charge in [-0.15, -0.1) is 0 Å². The maximum Gasteiger partial charge on any atom is 0.268 e. The molecule has 0 aromatic rings. The van der Waals surface area contributed by atoms with Crippen LogP contribution in [0.5, 0.6) is 0 Å². The minimum absolute atomic E-state index is 0.000116. The van der Waals surface area contributed by atoms with Crippen molar-refractivity contribution in [2.45, 2.75) is 231 Å². The van der Waals surface area contributed by atoms with Gasteiger partial charge in [-0.3, -0.25) is 9.36 Å². The number of nitrogens with one attached hydrogen (secondary N) is 1. The van der Waals surface area contributed by atoms with Crippen LogP contribution in [-0.4, -0.2) is 68.5 Å². The number of rotatable bonds is 43. The van der Waals surface area contributed by atoms with Crippen LogP contribution in [0, 0.1) is 0 Å². The Morgan fingerprint density at radius 3 is 1.39 bits per heavy atom. The zero-order valence-corrected chi connectivity index (χ0v) is 38.5. The molecule has 0 aliphatic heterocycles. The first-order chi connectivity index (χ1) is 27.0. The third kappa shape index (κ3) is 41.2. The number of aliphatic hydroxyl groups is 1. The van der Waals surface area contributed by atoms with E-state index in [9.17, 15) is 19.4 Å². The van der Waals surface area contributed by atoms with Gasteiger partial charge < -0.3 is 28.8 Å². The quantitative estimate of drug-likeness (QED) is 0.0275. The monoisotopic (exact) mass is 813 g/mol. The normalized spacial score (nSPS) is 14.5. The molecule has 0 heterocycles. The van der Waals surface area contributed by atoms with E-state index in [4.69, 9.17) is 9.05 Å². The van der Waals surface area contributed by atoms with Gasteiger partial charge in [-0.25, -0.2) is 0 Å². The third-order valence-electron chi connectivity index (χ3n) is 10.7. The Bertz CT molecular complexity index is 969. The second-order valence-corrected chi connectivity index (χ2v) is 18.9. The molecular weight excluding hydrogens is 719 g/mol.